The third kappa shape index (κ3) is 4.24. The van der Waals surface area contributed by atoms with Gasteiger partial charge in [-0.3, -0.25) is 0 Å². The van der Waals surface area contributed by atoms with E-state index in [0.717, 1.165) is 11.8 Å². The van der Waals surface area contributed by atoms with Crippen LogP contribution in [0.3, 0.4) is 0 Å². The quantitative estimate of drug-likeness (QED) is 0.782. The van der Waals surface area contributed by atoms with Gasteiger partial charge in [-0.05, 0) is 51.1 Å². The first-order valence-corrected chi connectivity index (χ1v) is 7.75. The summed E-state index contributed by atoms with van der Waals surface area (Å²) < 4.78 is 0. The fourth-order valence-corrected chi connectivity index (χ4v) is 3.69. The highest BCUT2D eigenvalue weighted by atomic mass is 15.1. The Morgan fingerprint density at radius 2 is 2.00 bits per heavy atom. The summed E-state index contributed by atoms with van der Waals surface area (Å²) in [5.41, 5.74) is 0.504. The number of rotatable bonds is 6. The molecule has 0 aromatic heterocycles. The summed E-state index contributed by atoms with van der Waals surface area (Å²) in [5.74, 6) is 1.64. The molecule has 1 rings (SSSR count). The summed E-state index contributed by atoms with van der Waals surface area (Å²) >= 11 is 0. The van der Waals surface area contributed by atoms with Crippen molar-refractivity contribution in [1.82, 2.24) is 10.2 Å². The molecular weight excluding hydrogens is 220 g/mol. The standard InChI is InChI=1S/C16H34N2/c1-13(2)15(4)18(6)12-16(11-17-5)9-7-8-14(3)10-16/h13-15,17H,7-12H2,1-6H3. The van der Waals surface area contributed by atoms with Crippen LogP contribution in [0.25, 0.3) is 0 Å². The van der Waals surface area contributed by atoms with Gasteiger partial charge in [0.1, 0.15) is 0 Å². The van der Waals surface area contributed by atoms with E-state index in [1.54, 1.807) is 0 Å². The molecule has 2 heteroatoms. The topological polar surface area (TPSA) is 15.3 Å². The first kappa shape index (κ1) is 16.0. The molecule has 1 aliphatic rings. The predicted molar refractivity (Wildman–Crippen MR) is 80.9 cm³/mol. The summed E-state index contributed by atoms with van der Waals surface area (Å²) in [6.07, 6.45) is 5.62. The summed E-state index contributed by atoms with van der Waals surface area (Å²) in [4.78, 5) is 2.58. The molecular formula is C16H34N2. The second kappa shape index (κ2) is 6.91. The molecule has 0 spiro atoms. The van der Waals surface area contributed by atoms with Gasteiger partial charge in [-0.1, -0.05) is 33.6 Å². The Hall–Kier alpha value is -0.0800. The molecule has 0 aromatic rings. The molecule has 0 bridgehead atoms. The lowest BCUT2D eigenvalue weighted by atomic mass is 9.69. The van der Waals surface area contributed by atoms with Crippen LogP contribution in [-0.4, -0.2) is 38.1 Å². The predicted octanol–water partition coefficient (Wildman–Crippen LogP) is 3.38. The van der Waals surface area contributed by atoms with Crippen molar-refractivity contribution >= 4 is 0 Å². The van der Waals surface area contributed by atoms with Crippen molar-refractivity contribution in [2.45, 2.75) is 59.4 Å². The highest BCUT2D eigenvalue weighted by Crippen LogP contribution is 2.39. The third-order valence-electron chi connectivity index (χ3n) is 4.98. The summed E-state index contributed by atoms with van der Waals surface area (Å²) in [5, 5.41) is 3.45. The van der Waals surface area contributed by atoms with Crippen LogP contribution in [0.5, 0.6) is 0 Å². The van der Waals surface area contributed by atoms with E-state index in [1.807, 2.05) is 0 Å². The van der Waals surface area contributed by atoms with Crippen LogP contribution in [0.2, 0.25) is 0 Å². The highest BCUT2D eigenvalue weighted by molar-refractivity contribution is 4.90. The molecule has 2 nitrogen and oxygen atoms in total. The Morgan fingerprint density at radius 1 is 1.33 bits per heavy atom. The SMILES string of the molecule is CNCC1(CN(C)C(C)C(C)C)CCCC(C)C1. The summed E-state index contributed by atoms with van der Waals surface area (Å²) in [6, 6.07) is 0.677. The minimum absolute atomic E-state index is 0.504. The van der Waals surface area contributed by atoms with Gasteiger partial charge in [-0.15, -0.1) is 0 Å². The molecule has 0 radical (unpaired) electrons. The van der Waals surface area contributed by atoms with Gasteiger partial charge in [-0.25, -0.2) is 0 Å². The molecule has 3 unspecified atom stereocenters. The first-order chi connectivity index (χ1) is 8.40. The van der Waals surface area contributed by atoms with Gasteiger partial charge in [0.05, 0.1) is 0 Å². The Bertz CT molecular complexity index is 235. The Labute approximate surface area is 115 Å². The van der Waals surface area contributed by atoms with Crippen LogP contribution >= 0.6 is 0 Å². The lowest BCUT2D eigenvalue weighted by molar-refractivity contribution is 0.0672. The molecule has 1 N–H and O–H groups in total. The van der Waals surface area contributed by atoms with Crippen molar-refractivity contribution in [1.29, 1.82) is 0 Å². The lowest BCUT2D eigenvalue weighted by Gasteiger charge is -2.44. The molecule has 108 valence electrons. The van der Waals surface area contributed by atoms with Gasteiger partial charge in [0, 0.05) is 19.1 Å². The maximum Gasteiger partial charge on any atom is 0.00871 e. The van der Waals surface area contributed by atoms with Crippen molar-refractivity contribution in [2.75, 3.05) is 27.2 Å². The molecule has 0 aromatic carbocycles. The van der Waals surface area contributed by atoms with Gasteiger partial charge in [0.25, 0.3) is 0 Å². The van der Waals surface area contributed by atoms with Gasteiger partial charge >= 0.3 is 0 Å². The number of nitrogens with one attached hydrogen (secondary N) is 1. The molecule has 1 saturated carbocycles. The summed E-state index contributed by atoms with van der Waals surface area (Å²) in [6.45, 7) is 11.9. The van der Waals surface area contributed by atoms with E-state index in [0.29, 0.717) is 11.5 Å². The Kier molecular flexibility index (Phi) is 6.13. The largest absolute Gasteiger partial charge is 0.319 e. The van der Waals surface area contributed by atoms with Crippen LogP contribution < -0.4 is 5.32 Å². The molecule has 3 atom stereocenters. The van der Waals surface area contributed by atoms with E-state index in [4.69, 9.17) is 0 Å². The van der Waals surface area contributed by atoms with Crippen molar-refractivity contribution in [3.63, 3.8) is 0 Å². The lowest BCUT2D eigenvalue weighted by Crippen LogP contribution is -2.48. The molecule has 0 heterocycles. The Morgan fingerprint density at radius 3 is 2.50 bits per heavy atom. The van der Waals surface area contributed by atoms with Crippen LogP contribution in [0.4, 0.5) is 0 Å². The minimum Gasteiger partial charge on any atom is -0.319 e. The van der Waals surface area contributed by atoms with Crippen LogP contribution in [0.15, 0.2) is 0 Å². The zero-order chi connectivity index (χ0) is 13.8. The van der Waals surface area contributed by atoms with E-state index in [-0.39, 0.29) is 0 Å². The zero-order valence-corrected chi connectivity index (χ0v) is 13.4. The van der Waals surface area contributed by atoms with Gasteiger partial charge in [-0.2, -0.15) is 0 Å². The van der Waals surface area contributed by atoms with Crippen molar-refractivity contribution < 1.29 is 0 Å². The molecule has 0 amide bonds. The van der Waals surface area contributed by atoms with Gasteiger partial charge < -0.3 is 10.2 Å². The maximum absolute atomic E-state index is 3.45. The molecule has 0 saturated heterocycles. The van der Waals surface area contributed by atoms with Gasteiger partial charge in [0.15, 0.2) is 0 Å². The van der Waals surface area contributed by atoms with E-state index < -0.39 is 0 Å². The van der Waals surface area contributed by atoms with Crippen LogP contribution in [-0.2, 0) is 0 Å². The maximum atomic E-state index is 3.45. The molecule has 1 aliphatic carbocycles. The van der Waals surface area contributed by atoms with E-state index in [2.05, 4.69) is 52.0 Å². The van der Waals surface area contributed by atoms with Crippen molar-refractivity contribution in [3.05, 3.63) is 0 Å². The Balaban J connectivity index is 2.67. The molecule has 0 aliphatic heterocycles. The van der Waals surface area contributed by atoms with Crippen LogP contribution in [0, 0.1) is 17.3 Å². The molecule has 1 fully saturated rings. The first-order valence-electron chi connectivity index (χ1n) is 7.75. The summed E-state index contributed by atoms with van der Waals surface area (Å²) in [7, 11) is 4.41. The number of nitrogens with zero attached hydrogens (tertiary/aromatic N) is 1. The highest BCUT2D eigenvalue weighted by Gasteiger charge is 2.36. The monoisotopic (exact) mass is 254 g/mol. The van der Waals surface area contributed by atoms with Crippen molar-refractivity contribution in [3.8, 4) is 0 Å². The third-order valence-corrected chi connectivity index (χ3v) is 4.98. The average Bonchev–Trinajstić information content (AvgIpc) is 2.27. The average molecular weight is 254 g/mol. The fraction of sp³-hybridized carbons (Fsp3) is 1.00. The second-order valence-corrected chi connectivity index (χ2v) is 7.13. The van der Waals surface area contributed by atoms with E-state index in [1.165, 1.54) is 38.8 Å². The normalized spacial score (nSPS) is 31.0. The number of hydrogen-bond acceptors (Lipinski definition) is 2. The van der Waals surface area contributed by atoms with Crippen molar-refractivity contribution in [2.24, 2.45) is 17.3 Å². The second-order valence-electron chi connectivity index (χ2n) is 7.13. The molecule has 18 heavy (non-hydrogen) atoms. The zero-order valence-electron chi connectivity index (χ0n) is 13.4. The fourth-order valence-electron chi connectivity index (χ4n) is 3.69. The minimum atomic E-state index is 0.504. The van der Waals surface area contributed by atoms with Gasteiger partial charge in [0.2, 0.25) is 0 Å². The smallest absolute Gasteiger partial charge is 0.00871 e. The number of hydrogen-bond donors (Lipinski definition) is 1. The van der Waals surface area contributed by atoms with Crippen LogP contribution in [0.1, 0.15) is 53.4 Å². The van der Waals surface area contributed by atoms with E-state index >= 15 is 0 Å². The van der Waals surface area contributed by atoms with E-state index in [9.17, 15) is 0 Å².